The maximum atomic E-state index is 6.06. The van der Waals surface area contributed by atoms with Gasteiger partial charge in [0.15, 0.2) is 0 Å². The third kappa shape index (κ3) is 9.41. The molecule has 4 aromatic carbocycles. The summed E-state index contributed by atoms with van der Waals surface area (Å²) in [5.41, 5.74) is 1.92. The smallest absolute Gasteiger partial charge is 0.0887 e. The van der Waals surface area contributed by atoms with Crippen molar-refractivity contribution in [1.82, 2.24) is 4.98 Å². The second kappa shape index (κ2) is 17.1. The summed E-state index contributed by atoms with van der Waals surface area (Å²) >= 11 is 0. The number of benzene rings is 4. The van der Waals surface area contributed by atoms with Crippen LogP contribution >= 0.6 is 15.8 Å². The maximum absolute atomic E-state index is 6.06. The van der Waals surface area contributed by atoms with Gasteiger partial charge in [-0.2, -0.15) is 0 Å². The van der Waals surface area contributed by atoms with Crippen molar-refractivity contribution in [3.8, 4) is 0 Å². The Hall–Kier alpha value is -3.19. The Kier molecular flexibility index (Phi) is 12.3. The molecule has 0 N–H and O–H groups in total. The molecule has 0 fully saturated rings. The molecule has 214 valence electrons. The number of ether oxygens (including phenoxy) is 2. The van der Waals surface area contributed by atoms with E-state index in [2.05, 4.69) is 127 Å². The lowest BCUT2D eigenvalue weighted by molar-refractivity contribution is 0.113. The monoisotopic (exact) mass is 591 g/mol. The Morgan fingerprint density at radius 2 is 0.738 bits per heavy atom. The lowest BCUT2D eigenvalue weighted by Crippen LogP contribution is -2.15. The van der Waals surface area contributed by atoms with Gasteiger partial charge in [-0.05, 0) is 74.4 Å². The highest BCUT2D eigenvalue weighted by molar-refractivity contribution is 7.73. The first kappa shape index (κ1) is 30.3. The summed E-state index contributed by atoms with van der Waals surface area (Å²) in [7, 11) is -0.758. The number of nitrogens with zero attached hydrogens (tertiary/aromatic N) is 1. The summed E-state index contributed by atoms with van der Waals surface area (Å²) < 4.78 is 12.1. The van der Waals surface area contributed by atoms with Crippen LogP contribution in [0.1, 0.15) is 24.2 Å². The number of hydrogen-bond donors (Lipinski definition) is 0. The second-order valence-corrected chi connectivity index (χ2v) is 14.8. The molecule has 0 saturated heterocycles. The molecule has 0 atom stereocenters. The van der Waals surface area contributed by atoms with Crippen molar-refractivity contribution in [2.75, 3.05) is 25.5 Å². The van der Waals surface area contributed by atoms with E-state index >= 15 is 0 Å². The van der Waals surface area contributed by atoms with Gasteiger partial charge in [0.05, 0.1) is 24.6 Å². The Morgan fingerprint density at radius 1 is 0.405 bits per heavy atom. The fourth-order valence-electron chi connectivity index (χ4n) is 4.94. The first-order valence-electron chi connectivity index (χ1n) is 14.7. The van der Waals surface area contributed by atoms with Crippen molar-refractivity contribution >= 4 is 37.1 Å². The van der Waals surface area contributed by atoms with Gasteiger partial charge in [0, 0.05) is 13.2 Å². The van der Waals surface area contributed by atoms with Crippen LogP contribution < -0.4 is 21.2 Å². The van der Waals surface area contributed by atoms with Gasteiger partial charge < -0.3 is 9.47 Å². The Labute approximate surface area is 253 Å². The highest BCUT2D eigenvalue weighted by atomic mass is 31.1. The van der Waals surface area contributed by atoms with Crippen LogP contribution in [0.4, 0.5) is 0 Å². The molecule has 0 bridgehead atoms. The van der Waals surface area contributed by atoms with Gasteiger partial charge in [-0.25, -0.2) is 0 Å². The van der Waals surface area contributed by atoms with E-state index < -0.39 is 0 Å². The second-order valence-electron chi connectivity index (χ2n) is 10.1. The quantitative estimate of drug-likeness (QED) is 0.0902. The summed E-state index contributed by atoms with van der Waals surface area (Å²) in [6.45, 7) is 2.52. The fourth-order valence-corrected chi connectivity index (χ4v) is 9.59. The molecular weight excluding hydrogens is 552 g/mol. The zero-order valence-electron chi connectivity index (χ0n) is 24.1. The lowest BCUT2D eigenvalue weighted by atomic mass is 10.3. The predicted octanol–water partition coefficient (Wildman–Crippen LogP) is 7.16. The van der Waals surface area contributed by atoms with E-state index in [0.717, 1.165) is 49.8 Å². The largest absolute Gasteiger partial charge is 0.375 e. The minimum absolute atomic E-state index is 0.379. The summed E-state index contributed by atoms with van der Waals surface area (Å²) in [5, 5.41) is 5.68. The lowest BCUT2D eigenvalue weighted by Gasteiger charge is -2.19. The number of hydrogen-bond acceptors (Lipinski definition) is 3. The van der Waals surface area contributed by atoms with Crippen molar-refractivity contribution in [2.24, 2.45) is 0 Å². The van der Waals surface area contributed by atoms with E-state index in [1.165, 1.54) is 21.2 Å². The SMILES string of the molecule is c1ccc(P(CCCOCc2cccc(COCCCP(c3ccccc3)c3ccccc3)n2)c2ccccc2)cc1. The molecule has 0 saturated carbocycles. The highest BCUT2D eigenvalue weighted by Crippen LogP contribution is 2.35. The van der Waals surface area contributed by atoms with Crippen LogP contribution in [0.5, 0.6) is 0 Å². The molecule has 5 aromatic rings. The van der Waals surface area contributed by atoms with Crippen molar-refractivity contribution in [2.45, 2.75) is 26.1 Å². The maximum Gasteiger partial charge on any atom is 0.0887 e. The molecule has 5 rings (SSSR count). The van der Waals surface area contributed by atoms with Gasteiger partial charge in [-0.15, -0.1) is 0 Å². The number of aromatic nitrogens is 1. The zero-order valence-corrected chi connectivity index (χ0v) is 25.9. The highest BCUT2D eigenvalue weighted by Gasteiger charge is 2.14. The van der Waals surface area contributed by atoms with Crippen molar-refractivity contribution in [1.29, 1.82) is 0 Å². The molecule has 0 radical (unpaired) electrons. The summed E-state index contributed by atoms with van der Waals surface area (Å²) in [5.74, 6) is 0. The molecule has 1 heterocycles. The molecule has 1 aromatic heterocycles. The van der Waals surface area contributed by atoms with Crippen LogP contribution in [0.2, 0.25) is 0 Å². The van der Waals surface area contributed by atoms with Gasteiger partial charge in [-0.3, -0.25) is 4.98 Å². The third-order valence-electron chi connectivity index (χ3n) is 6.98. The van der Waals surface area contributed by atoms with E-state index in [0.29, 0.717) is 13.2 Å². The average Bonchev–Trinajstić information content (AvgIpc) is 3.06. The van der Waals surface area contributed by atoms with Gasteiger partial charge >= 0.3 is 0 Å². The first-order chi connectivity index (χ1) is 20.9. The van der Waals surface area contributed by atoms with Crippen molar-refractivity contribution in [3.63, 3.8) is 0 Å². The number of rotatable bonds is 16. The number of pyridine rings is 1. The standard InChI is InChI=1S/C37H39NO2P2/c1-5-18-34(19-6-1)41(35-20-7-2-8-21-35)28-14-26-39-30-32-16-13-17-33(38-32)31-40-27-15-29-42(36-22-9-3-10-23-36)37-24-11-4-12-25-37/h1-13,16-25H,14-15,26-31H2. The molecule has 0 aliphatic rings. The van der Waals surface area contributed by atoms with Crippen molar-refractivity contribution in [3.05, 3.63) is 151 Å². The molecule has 0 spiro atoms. The van der Waals surface area contributed by atoms with E-state index in [4.69, 9.17) is 14.5 Å². The van der Waals surface area contributed by atoms with Crippen molar-refractivity contribution < 1.29 is 9.47 Å². The van der Waals surface area contributed by atoms with Gasteiger partial charge in [0.1, 0.15) is 0 Å². The van der Waals surface area contributed by atoms with Crippen LogP contribution in [0.25, 0.3) is 0 Å². The summed E-state index contributed by atoms with van der Waals surface area (Å²) in [6.07, 6.45) is 4.27. The minimum Gasteiger partial charge on any atom is -0.375 e. The van der Waals surface area contributed by atoms with E-state index in [1.54, 1.807) is 0 Å². The molecule has 0 unspecified atom stereocenters. The molecular formula is C37H39NO2P2. The Bertz CT molecular complexity index is 1250. The van der Waals surface area contributed by atoms with Crippen LogP contribution in [-0.4, -0.2) is 30.5 Å². The molecule has 0 aliphatic carbocycles. The minimum atomic E-state index is -0.379. The van der Waals surface area contributed by atoms with Gasteiger partial charge in [0.25, 0.3) is 0 Å². The van der Waals surface area contributed by atoms with Crippen LogP contribution in [0, 0.1) is 0 Å². The molecule has 0 amide bonds. The zero-order chi connectivity index (χ0) is 28.7. The molecule has 42 heavy (non-hydrogen) atoms. The summed E-state index contributed by atoms with van der Waals surface area (Å²) in [6, 6.07) is 49.6. The van der Waals surface area contributed by atoms with E-state index in [-0.39, 0.29) is 15.8 Å². The van der Waals surface area contributed by atoms with Crippen LogP contribution in [0.3, 0.4) is 0 Å². The van der Waals surface area contributed by atoms with E-state index in [1.807, 2.05) is 12.1 Å². The third-order valence-corrected chi connectivity index (χ3v) is 12.2. The average molecular weight is 592 g/mol. The Morgan fingerprint density at radius 3 is 1.07 bits per heavy atom. The fraction of sp³-hybridized carbons (Fsp3) is 0.216. The normalized spacial score (nSPS) is 11.3. The first-order valence-corrected chi connectivity index (χ1v) is 17.8. The molecule has 0 aliphatic heterocycles. The van der Waals surface area contributed by atoms with Crippen LogP contribution in [-0.2, 0) is 22.7 Å². The van der Waals surface area contributed by atoms with Gasteiger partial charge in [0.2, 0.25) is 0 Å². The predicted molar refractivity (Wildman–Crippen MR) is 181 cm³/mol. The molecule has 3 nitrogen and oxygen atoms in total. The van der Waals surface area contributed by atoms with Crippen LogP contribution in [0.15, 0.2) is 140 Å². The summed E-state index contributed by atoms with van der Waals surface area (Å²) in [4.78, 5) is 4.79. The molecule has 5 heteroatoms. The van der Waals surface area contributed by atoms with E-state index in [9.17, 15) is 0 Å². The van der Waals surface area contributed by atoms with Gasteiger partial charge in [-0.1, -0.05) is 127 Å². The Balaban J connectivity index is 1.04. The topological polar surface area (TPSA) is 31.4 Å².